The Labute approximate surface area is 101 Å². The number of hydrogen-bond acceptors (Lipinski definition) is 4. The van der Waals surface area contributed by atoms with Gasteiger partial charge in [-0.2, -0.15) is 5.16 Å². The fourth-order valence-corrected chi connectivity index (χ4v) is 1.87. The first kappa shape index (κ1) is 10.5. The number of rotatable bonds is 2. The summed E-state index contributed by atoms with van der Waals surface area (Å²) in [6.07, 6.45) is 0. The first-order valence-corrected chi connectivity index (χ1v) is 5.33. The smallest absolute Gasteiger partial charge is 0.303 e. The third kappa shape index (κ3) is 1.46. The summed E-state index contributed by atoms with van der Waals surface area (Å²) in [6, 6.07) is 7.47. The maximum atomic E-state index is 11.2. The summed E-state index contributed by atoms with van der Waals surface area (Å²) in [4.78, 5) is 14.3. The van der Waals surface area contributed by atoms with Crippen LogP contribution in [0.2, 0.25) is 0 Å². The molecule has 4 N–H and O–H groups in total. The minimum Gasteiger partial charge on any atom is -0.497 e. The van der Waals surface area contributed by atoms with Crippen LogP contribution in [0, 0.1) is 0 Å². The van der Waals surface area contributed by atoms with Gasteiger partial charge in [0.25, 0.3) is 0 Å². The topological polar surface area (TPSA) is 97.0 Å². The molecule has 0 atom stereocenters. The average Bonchev–Trinajstić information content (AvgIpc) is 2.93. The van der Waals surface area contributed by atoms with Crippen LogP contribution >= 0.6 is 0 Å². The third-order valence-corrected chi connectivity index (χ3v) is 2.81. The lowest BCUT2D eigenvalue weighted by atomic mass is 10.2. The number of nitrogens with two attached hydrogens (primary N) is 1. The van der Waals surface area contributed by atoms with Crippen molar-refractivity contribution in [3.8, 4) is 17.2 Å². The summed E-state index contributed by atoms with van der Waals surface area (Å²) < 4.78 is 10.2. The molecule has 6 heteroatoms. The highest BCUT2D eigenvalue weighted by Gasteiger charge is 2.14. The number of benzene rings is 1. The summed E-state index contributed by atoms with van der Waals surface area (Å²) in [5.74, 6) is 1.08. The van der Waals surface area contributed by atoms with Crippen molar-refractivity contribution in [3.05, 3.63) is 34.6 Å². The molecule has 3 aromatic rings. The fourth-order valence-electron chi connectivity index (χ4n) is 1.87. The van der Waals surface area contributed by atoms with E-state index in [1.165, 1.54) is 0 Å². The van der Waals surface area contributed by atoms with Gasteiger partial charge in [-0.25, -0.2) is 0 Å². The molecule has 0 aliphatic heterocycles. The van der Waals surface area contributed by atoms with E-state index in [0.29, 0.717) is 11.5 Å². The predicted octanol–water partition coefficient (Wildman–Crippen LogP) is 1.71. The molecule has 6 nitrogen and oxygen atoms in total. The molecule has 0 unspecified atom stereocenters. The molecule has 0 saturated carbocycles. The minimum absolute atomic E-state index is 0.0634. The lowest BCUT2D eigenvalue weighted by molar-refractivity contribution is 0.415. The molecular weight excluding hydrogens is 234 g/mol. The maximum Gasteiger partial charge on any atom is 0.303 e. The van der Waals surface area contributed by atoms with Gasteiger partial charge in [0.05, 0.1) is 12.8 Å². The van der Waals surface area contributed by atoms with Crippen molar-refractivity contribution in [1.29, 1.82) is 0 Å². The number of nitrogen functional groups attached to an aromatic ring is 1. The molecule has 18 heavy (non-hydrogen) atoms. The molecule has 2 aromatic heterocycles. The number of hydrogen-bond donors (Lipinski definition) is 3. The quantitative estimate of drug-likeness (QED) is 0.640. The molecule has 0 aliphatic rings. The second-order valence-corrected chi connectivity index (χ2v) is 3.91. The second kappa shape index (κ2) is 3.69. The van der Waals surface area contributed by atoms with Crippen LogP contribution in [0.5, 0.6) is 5.75 Å². The monoisotopic (exact) mass is 245 g/mol. The van der Waals surface area contributed by atoms with Crippen LogP contribution in [0.4, 0.5) is 5.69 Å². The Hall–Kier alpha value is -2.63. The second-order valence-electron chi connectivity index (χ2n) is 3.91. The standard InChI is InChI=1S/C12H11N3O3/c1-17-7-2-3-8-6(4-7)5-9(14-8)11-10(13)12(16)15-18-11/h2-5,14H,13H2,1H3,(H,15,16). The van der Waals surface area contributed by atoms with Crippen LogP contribution in [0.1, 0.15) is 0 Å². The first-order chi connectivity index (χ1) is 8.69. The van der Waals surface area contributed by atoms with E-state index in [2.05, 4.69) is 10.1 Å². The Bertz CT molecular complexity index is 766. The number of methoxy groups -OCH3 is 1. The normalized spacial score (nSPS) is 10.9. The number of anilines is 1. The molecular formula is C12H11N3O3. The SMILES string of the molecule is COc1ccc2[nH]c(-c3o[nH]c(=O)c3N)cc2c1. The van der Waals surface area contributed by atoms with Crippen molar-refractivity contribution in [2.75, 3.05) is 12.8 Å². The van der Waals surface area contributed by atoms with Crippen LogP contribution in [0.15, 0.2) is 33.6 Å². The minimum atomic E-state index is -0.429. The molecule has 0 aliphatic carbocycles. The lowest BCUT2D eigenvalue weighted by Crippen LogP contribution is -2.04. The maximum absolute atomic E-state index is 11.2. The molecule has 0 fully saturated rings. The van der Waals surface area contributed by atoms with E-state index in [1.807, 2.05) is 24.3 Å². The van der Waals surface area contributed by atoms with Gasteiger partial charge in [0.15, 0.2) is 0 Å². The molecule has 0 bridgehead atoms. The van der Waals surface area contributed by atoms with E-state index < -0.39 is 5.56 Å². The van der Waals surface area contributed by atoms with Gasteiger partial charge in [0.2, 0.25) is 5.76 Å². The Morgan fingerprint density at radius 3 is 2.83 bits per heavy atom. The molecule has 0 saturated heterocycles. The van der Waals surface area contributed by atoms with Crippen LogP contribution < -0.4 is 16.0 Å². The summed E-state index contributed by atoms with van der Waals surface area (Å²) in [6.45, 7) is 0. The summed E-state index contributed by atoms with van der Waals surface area (Å²) in [7, 11) is 1.61. The van der Waals surface area contributed by atoms with E-state index in [4.69, 9.17) is 15.0 Å². The van der Waals surface area contributed by atoms with Gasteiger partial charge >= 0.3 is 5.56 Å². The average molecular weight is 245 g/mol. The zero-order valence-corrected chi connectivity index (χ0v) is 9.61. The van der Waals surface area contributed by atoms with Crippen molar-refractivity contribution in [2.45, 2.75) is 0 Å². The van der Waals surface area contributed by atoms with Gasteiger partial charge in [-0.1, -0.05) is 0 Å². The van der Waals surface area contributed by atoms with E-state index >= 15 is 0 Å². The van der Waals surface area contributed by atoms with Crippen molar-refractivity contribution < 1.29 is 9.26 Å². The van der Waals surface area contributed by atoms with E-state index in [9.17, 15) is 4.79 Å². The summed E-state index contributed by atoms with van der Waals surface area (Å²) in [5, 5.41) is 3.15. The third-order valence-electron chi connectivity index (χ3n) is 2.81. The van der Waals surface area contributed by atoms with Crippen molar-refractivity contribution >= 4 is 16.6 Å². The van der Waals surface area contributed by atoms with Crippen molar-refractivity contribution in [1.82, 2.24) is 10.1 Å². The Morgan fingerprint density at radius 1 is 1.33 bits per heavy atom. The first-order valence-electron chi connectivity index (χ1n) is 5.33. The highest BCUT2D eigenvalue weighted by Crippen LogP contribution is 2.28. The number of ether oxygens (including phenoxy) is 1. The van der Waals surface area contributed by atoms with Gasteiger partial charge in [-0.05, 0) is 24.3 Å². The number of fused-ring (bicyclic) bond motifs is 1. The number of H-pyrrole nitrogens is 2. The zero-order chi connectivity index (χ0) is 12.7. The highest BCUT2D eigenvalue weighted by molar-refractivity contribution is 5.87. The number of nitrogens with one attached hydrogen (secondary N) is 2. The van der Waals surface area contributed by atoms with Crippen LogP contribution in [0.25, 0.3) is 22.4 Å². The molecule has 0 radical (unpaired) electrons. The molecule has 0 amide bonds. The van der Waals surface area contributed by atoms with Crippen molar-refractivity contribution in [2.24, 2.45) is 0 Å². The Balaban J connectivity index is 2.19. The molecule has 2 heterocycles. The Morgan fingerprint density at radius 2 is 2.17 bits per heavy atom. The van der Waals surface area contributed by atoms with Gasteiger partial charge < -0.3 is 20.0 Å². The van der Waals surface area contributed by atoms with Gasteiger partial charge in [-0.15, -0.1) is 0 Å². The molecule has 3 rings (SSSR count). The van der Waals surface area contributed by atoms with Crippen LogP contribution in [-0.4, -0.2) is 17.3 Å². The van der Waals surface area contributed by atoms with Gasteiger partial charge in [-0.3, -0.25) is 4.79 Å². The lowest BCUT2D eigenvalue weighted by Gasteiger charge is -1.97. The van der Waals surface area contributed by atoms with Gasteiger partial charge in [0.1, 0.15) is 11.4 Å². The molecule has 0 spiro atoms. The predicted molar refractivity (Wildman–Crippen MR) is 67.6 cm³/mol. The van der Waals surface area contributed by atoms with E-state index in [0.717, 1.165) is 16.7 Å². The van der Waals surface area contributed by atoms with E-state index in [-0.39, 0.29) is 5.69 Å². The number of aromatic nitrogens is 2. The molecule has 1 aromatic carbocycles. The fraction of sp³-hybridized carbons (Fsp3) is 0.0833. The van der Waals surface area contributed by atoms with E-state index in [1.54, 1.807) is 7.11 Å². The Kier molecular flexibility index (Phi) is 2.16. The van der Waals surface area contributed by atoms with Crippen molar-refractivity contribution in [3.63, 3.8) is 0 Å². The molecule has 92 valence electrons. The number of aromatic amines is 2. The summed E-state index contributed by atoms with van der Waals surface area (Å²) >= 11 is 0. The summed E-state index contributed by atoms with van der Waals surface area (Å²) in [5.41, 5.74) is 6.82. The zero-order valence-electron chi connectivity index (χ0n) is 9.61. The van der Waals surface area contributed by atoms with Gasteiger partial charge in [0, 0.05) is 10.9 Å². The van der Waals surface area contributed by atoms with Crippen LogP contribution in [0.3, 0.4) is 0 Å². The highest BCUT2D eigenvalue weighted by atomic mass is 16.5. The van der Waals surface area contributed by atoms with Crippen LogP contribution in [-0.2, 0) is 0 Å². The largest absolute Gasteiger partial charge is 0.497 e.